The maximum atomic E-state index is 13.1. The number of nitrogens with zero attached hydrogens (tertiary/aromatic N) is 2. The zero-order chi connectivity index (χ0) is 22.3. The molecule has 10 heteroatoms. The Balaban J connectivity index is 1.46. The molecule has 0 saturated carbocycles. The summed E-state index contributed by atoms with van der Waals surface area (Å²) in [7, 11) is -2.09. The van der Waals surface area contributed by atoms with Crippen molar-refractivity contribution >= 4 is 15.9 Å². The lowest BCUT2D eigenvalue weighted by atomic mass is 9.97. The average molecular weight is 452 g/mol. The molecule has 1 saturated heterocycles. The van der Waals surface area contributed by atoms with Crippen molar-refractivity contribution in [3.63, 3.8) is 0 Å². The van der Waals surface area contributed by atoms with Crippen molar-refractivity contribution in [1.82, 2.24) is 14.6 Å². The smallest absolute Gasteiger partial charge is 0.243 e. The maximum Gasteiger partial charge on any atom is 0.243 e. The Morgan fingerprint density at radius 2 is 1.87 bits per heavy atom. The highest BCUT2D eigenvalue weighted by Gasteiger charge is 2.32. The lowest BCUT2D eigenvalue weighted by molar-refractivity contribution is -0.126. The third kappa shape index (κ3) is 6.22. The number of pyridine rings is 1. The van der Waals surface area contributed by atoms with Gasteiger partial charge in [0.15, 0.2) is 0 Å². The van der Waals surface area contributed by atoms with Crippen LogP contribution in [0.3, 0.4) is 0 Å². The predicted octanol–water partition coefficient (Wildman–Crippen LogP) is 1.96. The minimum atomic E-state index is -3.69. The first-order valence-electron chi connectivity index (χ1n) is 10.0. The predicted molar refractivity (Wildman–Crippen MR) is 111 cm³/mol. The number of carbonyl (C=O) groups is 1. The molecule has 1 amide bonds. The molecular formula is C21H26FN3O5S. The van der Waals surface area contributed by atoms with Gasteiger partial charge in [-0.1, -0.05) is 6.07 Å². The summed E-state index contributed by atoms with van der Waals surface area (Å²) in [6, 6.07) is 8.32. The van der Waals surface area contributed by atoms with E-state index >= 15 is 0 Å². The number of methoxy groups -OCH3 is 1. The molecule has 8 nitrogen and oxygen atoms in total. The van der Waals surface area contributed by atoms with E-state index in [9.17, 15) is 17.6 Å². The summed E-state index contributed by atoms with van der Waals surface area (Å²) >= 11 is 0. The van der Waals surface area contributed by atoms with Crippen molar-refractivity contribution in [3.05, 3.63) is 54.0 Å². The molecule has 31 heavy (non-hydrogen) atoms. The number of ether oxygens (including phenoxy) is 2. The Hall–Kier alpha value is -2.56. The average Bonchev–Trinajstić information content (AvgIpc) is 2.79. The molecule has 0 aliphatic carbocycles. The van der Waals surface area contributed by atoms with E-state index < -0.39 is 15.8 Å². The van der Waals surface area contributed by atoms with Crippen LogP contribution in [0.15, 0.2) is 47.5 Å². The first-order valence-corrected chi connectivity index (χ1v) is 11.4. The molecule has 1 aromatic carbocycles. The van der Waals surface area contributed by atoms with E-state index in [0.717, 1.165) is 17.7 Å². The fraction of sp³-hybridized carbons (Fsp3) is 0.429. The van der Waals surface area contributed by atoms with Gasteiger partial charge < -0.3 is 14.8 Å². The maximum absolute atomic E-state index is 13.1. The fourth-order valence-electron chi connectivity index (χ4n) is 3.28. The number of hydrogen-bond donors (Lipinski definition) is 1. The second-order valence-corrected chi connectivity index (χ2v) is 9.13. The topological polar surface area (TPSA) is 97.8 Å². The molecule has 2 aromatic rings. The first kappa shape index (κ1) is 23.1. The van der Waals surface area contributed by atoms with Gasteiger partial charge in [0, 0.05) is 44.9 Å². The number of piperidine rings is 1. The largest absolute Gasteiger partial charge is 0.475 e. The summed E-state index contributed by atoms with van der Waals surface area (Å²) < 4.78 is 50.1. The van der Waals surface area contributed by atoms with Crippen molar-refractivity contribution in [2.45, 2.75) is 24.3 Å². The summed E-state index contributed by atoms with van der Waals surface area (Å²) in [5, 5.41) is 2.88. The van der Waals surface area contributed by atoms with Crippen LogP contribution in [0.1, 0.15) is 18.4 Å². The van der Waals surface area contributed by atoms with Gasteiger partial charge in [0.05, 0.1) is 11.5 Å². The molecule has 0 radical (unpaired) electrons. The van der Waals surface area contributed by atoms with Gasteiger partial charge in [0.1, 0.15) is 12.4 Å². The summed E-state index contributed by atoms with van der Waals surface area (Å²) in [6.07, 6.45) is 2.49. The van der Waals surface area contributed by atoms with Gasteiger partial charge in [0.2, 0.25) is 21.8 Å². The molecular weight excluding hydrogens is 425 g/mol. The zero-order valence-electron chi connectivity index (χ0n) is 17.3. The van der Waals surface area contributed by atoms with Gasteiger partial charge in [-0.15, -0.1) is 0 Å². The standard InChI is InChI=1S/C21H26FN3O5S/c1-29-12-13-30-20-7-2-16(14-23-20)15-24-21(26)17-8-10-25(11-9-17)31(27,28)19-5-3-18(22)4-6-19/h2-7,14,17H,8-13,15H2,1H3,(H,24,26). The van der Waals surface area contributed by atoms with E-state index in [1.807, 2.05) is 6.07 Å². The molecule has 1 aliphatic heterocycles. The van der Waals surface area contributed by atoms with E-state index in [0.29, 0.717) is 38.5 Å². The summed E-state index contributed by atoms with van der Waals surface area (Å²) in [5.41, 5.74) is 0.837. The van der Waals surface area contributed by atoms with Crippen LogP contribution in [0.25, 0.3) is 0 Å². The number of halogens is 1. The van der Waals surface area contributed by atoms with E-state index in [1.54, 1.807) is 19.4 Å². The number of rotatable bonds is 9. The Morgan fingerprint density at radius 1 is 1.16 bits per heavy atom. The van der Waals surface area contributed by atoms with Gasteiger partial charge in [-0.25, -0.2) is 17.8 Å². The number of sulfonamides is 1. The SMILES string of the molecule is COCCOc1ccc(CNC(=O)C2CCN(S(=O)(=O)c3ccc(F)cc3)CC2)cn1. The molecule has 3 rings (SSSR count). The molecule has 1 N–H and O–H groups in total. The van der Waals surface area contributed by atoms with Gasteiger partial charge in [-0.2, -0.15) is 4.31 Å². The monoisotopic (exact) mass is 451 g/mol. The molecule has 0 unspecified atom stereocenters. The Labute approximate surface area is 181 Å². The molecule has 168 valence electrons. The van der Waals surface area contributed by atoms with E-state index in [1.165, 1.54) is 16.4 Å². The van der Waals surface area contributed by atoms with Gasteiger partial charge in [-0.3, -0.25) is 4.79 Å². The Bertz CT molecular complexity index is 960. The van der Waals surface area contributed by atoms with Crippen LogP contribution in [0.5, 0.6) is 5.88 Å². The number of nitrogens with one attached hydrogen (secondary N) is 1. The Kier molecular flexibility index (Phi) is 7.94. The van der Waals surface area contributed by atoms with Crippen molar-refractivity contribution in [1.29, 1.82) is 0 Å². The molecule has 1 aliphatic rings. The van der Waals surface area contributed by atoms with Gasteiger partial charge >= 0.3 is 0 Å². The second kappa shape index (κ2) is 10.7. The molecule has 1 fully saturated rings. The van der Waals surface area contributed by atoms with Crippen LogP contribution < -0.4 is 10.1 Å². The minimum absolute atomic E-state index is 0.0546. The molecule has 0 atom stereocenters. The van der Waals surface area contributed by atoms with Crippen LogP contribution in [0, 0.1) is 11.7 Å². The highest BCUT2D eigenvalue weighted by atomic mass is 32.2. The number of carbonyl (C=O) groups excluding carboxylic acids is 1. The number of benzene rings is 1. The second-order valence-electron chi connectivity index (χ2n) is 7.20. The highest BCUT2D eigenvalue weighted by Crippen LogP contribution is 2.24. The molecule has 1 aromatic heterocycles. The van der Waals surface area contributed by atoms with Crippen LogP contribution in [-0.2, 0) is 26.1 Å². The van der Waals surface area contributed by atoms with Crippen LogP contribution in [0.2, 0.25) is 0 Å². The Morgan fingerprint density at radius 3 is 2.48 bits per heavy atom. The normalized spacial score (nSPS) is 15.5. The van der Waals surface area contributed by atoms with Crippen molar-refractivity contribution in [2.24, 2.45) is 5.92 Å². The van der Waals surface area contributed by atoms with Crippen LogP contribution in [0.4, 0.5) is 4.39 Å². The lowest BCUT2D eigenvalue weighted by Crippen LogP contribution is -2.42. The molecule has 0 bridgehead atoms. The van der Waals surface area contributed by atoms with Crippen LogP contribution in [-0.4, -0.2) is 57.0 Å². The third-order valence-corrected chi connectivity index (χ3v) is 6.99. The van der Waals surface area contributed by atoms with Crippen LogP contribution >= 0.6 is 0 Å². The van der Waals surface area contributed by atoms with E-state index in [2.05, 4.69) is 10.3 Å². The van der Waals surface area contributed by atoms with Crippen molar-refractivity contribution < 1.29 is 27.1 Å². The summed E-state index contributed by atoms with van der Waals surface area (Å²) in [5.74, 6) is -0.372. The number of amides is 1. The quantitative estimate of drug-likeness (QED) is 0.586. The lowest BCUT2D eigenvalue weighted by Gasteiger charge is -2.30. The third-order valence-electron chi connectivity index (χ3n) is 5.08. The first-order chi connectivity index (χ1) is 14.9. The van der Waals surface area contributed by atoms with Gasteiger partial charge in [0.25, 0.3) is 0 Å². The highest BCUT2D eigenvalue weighted by molar-refractivity contribution is 7.89. The number of aromatic nitrogens is 1. The summed E-state index contributed by atoms with van der Waals surface area (Å²) in [4.78, 5) is 16.7. The fourth-order valence-corrected chi connectivity index (χ4v) is 4.75. The number of hydrogen-bond acceptors (Lipinski definition) is 6. The molecule has 0 spiro atoms. The van der Waals surface area contributed by atoms with Crippen molar-refractivity contribution in [3.8, 4) is 5.88 Å². The minimum Gasteiger partial charge on any atom is -0.475 e. The zero-order valence-corrected chi connectivity index (χ0v) is 18.1. The van der Waals surface area contributed by atoms with Crippen molar-refractivity contribution in [2.75, 3.05) is 33.4 Å². The molecule has 2 heterocycles. The van der Waals surface area contributed by atoms with E-state index in [-0.39, 0.29) is 29.8 Å². The summed E-state index contributed by atoms with van der Waals surface area (Å²) in [6.45, 7) is 1.71. The van der Waals surface area contributed by atoms with Gasteiger partial charge in [-0.05, 0) is 42.7 Å². The van der Waals surface area contributed by atoms with E-state index in [4.69, 9.17) is 9.47 Å².